The lowest BCUT2D eigenvalue weighted by Gasteiger charge is -2.38. The van der Waals surface area contributed by atoms with Crippen molar-refractivity contribution in [2.75, 3.05) is 52.9 Å². The van der Waals surface area contributed by atoms with Crippen molar-refractivity contribution in [3.8, 4) is 0 Å². The number of amides is 1. The van der Waals surface area contributed by atoms with Crippen LogP contribution in [-0.2, 0) is 4.79 Å². The van der Waals surface area contributed by atoms with Crippen LogP contribution in [0.3, 0.4) is 0 Å². The number of hydrogen-bond acceptors (Lipinski definition) is 4. The Morgan fingerprint density at radius 3 is 2.29 bits per heavy atom. The van der Waals surface area contributed by atoms with Gasteiger partial charge in [0.15, 0.2) is 0 Å². The summed E-state index contributed by atoms with van der Waals surface area (Å²) in [6.45, 7) is 12.2. The molecule has 0 radical (unpaired) electrons. The van der Waals surface area contributed by atoms with Crippen LogP contribution in [0.25, 0.3) is 0 Å². The van der Waals surface area contributed by atoms with Gasteiger partial charge in [0.2, 0.25) is 5.91 Å². The van der Waals surface area contributed by atoms with Gasteiger partial charge in [-0.1, -0.05) is 20.8 Å². The Kier molecular flexibility index (Phi) is 5.28. The molecular weight excluding hydrogens is 266 g/mol. The first-order valence-electron chi connectivity index (χ1n) is 8.15. The molecule has 21 heavy (non-hydrogen) atoms. The Balaban J connectivity index is 1.77. The van der Waals surface area contributed by atoms with Crippen molar-refractivity contribution in [1.29, 1.82) is 0 Å². The quantitative estimate of drug-likeness (QED) is 0.823. The van der Waals surface area contributed by atoms with Gasteiger partial charge in [0.25, 0.3) is 0 Å². The van der Waals surface area contributed by atoms with E-state index in [2.05, 4.69) is 37.6 Å². The SMILES string of the molecule is CN1CCC(C(=O)N2CCN(CC(O)C(C)(C)C)CC2)C1. The molecule has 1 amide bonds. The fraction of sp³-hybridized carbons (Fsp3) is 0.938. The molecule has 5 nitrogen and oxygen atoms in total. The van der Waals surface area contributed by atoms with Gasteiger partial charge in [-0.2, -0.15) is 0 Å². The summed E-state index contributed by atoms with van der Waals surface area (Å²) in [5.41, 5.74) is -0.0820. The first-order chi connectivity index (χ1) is 9.77. The van der Waals surface area contributed by atoms with E-state index in [1.807, 2.05) is 4.90 Å². The van der Waals surface area contributed by atoms with E-state index < -0.39 is 0 Å². The van der Waals surface area contributed by atoms with E-state index in [0.717, 1.165) is 45.7 Å². The molecule has 0 aromatic heterocycles. The van der Waals surface area contributed by atoms with Crippen LogP contribution in [0.1, 0.15) is 27.2 Å². The van der Waals surface area contributed by atoms with E-state index in [-0.39, 0.29) is 17.4 Å². The Morgan fingerprint density at radius 2 is 1.81 bits per heavy atom. The number of hydrogen-bond donors (Lipinski definition) is 1. The Hall–Kier alpha value is -0.650. The minimum absolute atomic E-state index is 0.0820. The predicted molar refractivity (Wildman–Crippen MR) is 84.1 cm³/mol. The van der Waals surface area contributed by atoms with Crippen LogP contribution >= 0.6 is 0 Å². The molecule has 0 spiro atoms. The number of carbonyl (C=O) groups excluding carboxylic acids is 1. The lowest BCUT2D eigenvalue weighted by atomic mass is 9.89. The van der Waals surface area contributed by atoms with E-state index in [4.69, 9.17) is 0 Å². The largest absolute Gasteiger partial charge is 0.391 e. The molecule has 2 aliphatic heterocycles. The van der Waals surface area contributed by atoms with Crippen LogP contribution in [-0.4, -0.2) is 84.7 Å². The Bertz CT molecular complexity index is 359. The van der Waals surface area contributed by atoms with Gasteiger partial charge in [0.05, 0.1) is 12.0 Å². The highest BCUT2D eigenvalue weighted by Crippen LogP contribution is 2.21. The second-order valence-electron chi connectivity index (χ2n) is 7.76. The van der Waals surface area contributed by atoms with Crippen LogP contribution < -0.4 is 0 Å². The van der Waals surface area contributed by atoms with Crippen molar-refractivity contribution in [3.05, 3.63) is 0 Å². The van der Waals surface area contributed by atoms with E-state index >= 15 is 0 Å². The van der Waals surface area contributed by atoms with Gasteiger partial charge >= 0.3 is 0 Å². The molecule has 2 atom stereocenters. The zero-order valence-corrected chi connectivity index (χ0v) is 14.0. The third-order valence-electron chi connectivity index (χ3n) is 4.86. The summed E-state index contributed by atoms with van der Waals surface area (Å²) in [6, 6.07) is 0. The molecule has 2 aliphatic rings. The fourth-order valence-corrected chi connectivity index (χ4v) is 3.06. The highest BCUT2D eigenvalue weighted by molar-refractivity contribution is 5.79. The van der Waals surface area contributed by atoms with Crippen LogP contribution in [0.4, 0.5) is 0 Å². The van der Waals surface area contributed by atoms with Gasteiger partial charge in [-0.15, -0.1) is 0 Å². The summed E-state index contributed by atoms with van der Waals surface area (Å²) < 4.78 is 0. The minimum atomic E-state index is -0.316. The molecule has 0 aliphatic carbocycles. The standard InChI is InChI=1S/C16H31N3O2/c1-16(2,3)14(20)12-18-7-9-19(10-8-18)15(21)13-5-6-17(4)11-13/h13-14,20H,5-12H2,1-4H3. The zero-order valence-electron chi connectivity index (χ0n) is 14.0. The van der Waals surface area contributed by atoms with E-state index in [0.29, 0.717) is 12.5 Å². The number of likely N-dealkylation sites (tertiary alicyclic amines) is 1. The lowest BCUT2D eigenvalue weighted by Crippen LogP contribution is -2.53. The molecule has 0 bridgehead atoms. The molecule has 0 aromatic carbocycles. The van der Waals surface area contributed by atoms with Gasteiger partial charge in [-0.25, -0.2) is 0 Å². The van der Waals surface area contributed by atoms with Crippen molar-refractivity contribution in [2.45, 2.75) is 33.3 Å². The van der Waals surface area contributed by atoms with Crippen molar-refractivity contribution in [2.24, 2.45) is 11.3 Å². The van der Waals surface area contributed by atoms with Gasteiger partial charge in [-0.05, 0) is 25.4 Å². The summed E-state index contributed by atoms with van der Waals surface area (Å²) in [4.78, 5) is 19.0. The molecule has 0 saturated carbocycles. The van der Waals surface area contributed by atoms with Gasteiger partial charge in [0.1, 0.15) is 0 Å². The Labute approximate surface area is 128 Å². The molecular formula is C16H31N3O2. The molecule has 122 valence electrons. The van der Waals surface area contributed by atoms with Crippen LogP contribution in [0.15, 0.2) is 0 Å². The number of aliphatic hydroxyl groups is 1. The number of carbonyl (C=O) groups is 1. The molecule has 2 rings (SSSR count). The fourth-order valence-electron chi connectivity index (χ4n) is 3.06. The monoisotopic (exact) mass is 297 g/mol. The Morgan fingerprint density at radius 1 is 1.19 bits per heavy atom. The second kappa shape index (κ2) is 6.63. The first kappa shape index (κ1) is 16.7. The third-order valence-corrected chi connectivity index (χ3v) is 4.86. The van der Waals surface area contributed by atoms with Crippen molar-refractivity contribution < 1.29 is 9.90 Å². The summed E-state index contributed by atoms with van der Waals surface area (Å²) in [7, 11) is 2.08. The predicted octanol–water partition coefficient (Wildman–Crippen LogP) is 0.489. The lowest BCUT2D eigenvalue weighted by molar-refractivity contribution is -0.137. The average Bonchev–Trinajstić information content (AvgIpc) is 2.84. The number of aliphatic hydroxyl groups excluding tert-OH is 1. The van der Waals surface area contributed by atoms with Gasteiger partial charge in [0, 0.05) is 39.3 Å². The minimum Gasteiger partial charge on any atom is -0.391 e. The summed E-state index contributed by atoms with van der Waals surface area (Å²) in [5.74, 6) is 0.525. The van der Waals surface area contributed by atoms with Crippen LogP contribution in [0.5, 0.6) is 0 Å². The van der Waals surface area contributed by atoms with Gasteiger partial charge < -0.3 is 14.9 Å². The molecule has 2 heterocycles. The maximum atomic E-state index is 12.5. The first-order valence-corrected chi connectivity index (χ1v) is 8.15. The summed E-state index contributed by atoms with van der Waals surface area (Å²) in [6.07, 6.45) is 0.682. The summed E-state index contributed by atoms with van der Waals surface area (Å²) in [5, 5.41) is 10.2. The van der Waals surface area contributed by atoms with Crippen molar-refractivity contribution in [3.63, 3.8) is 0 Å². The maximum absolute atomic E-state index is 12.5. The number of rotatable bonds is 3. The highest BCUT2D eigenvalue weighted by Gasteiger charge is 2.32. The zero-order chi connectivity index (χ0) is 15.6. The van der Waals surface area contributed by atoms with Gasteiger partial charge in [-0.3, -0.25) is 9.69 Å². The van der Waals surface area contributed by atoms with E-state index in [9.17, 15) is 9.90 Å². The molecule has 2 fully saturated rings. The smallest absolute Gasteiger partial charge is 0.227 e. The highest BCUT2D eigenvalue weighted by atomic mass is 16.3. The van der Waals surface area contributed by atoms with Crippen LogP contribution in [0.2, 0.25) is 0 Å². The third kappa shape index (κ3) is 4.41. The molecule has 0 aromatic rings. The summed E-state index contributed by atoms with van der Waals surface area (Å²) >= 11 is 0. The van der Waals surface area contributed by atoms with E-state index in [1.54, 1.807) is 0 Å². The molecule has 1 N–H and O–H groups in total. The number of nitrogens with zero attached hydrogens (tertiary/aromatic N) is 3. The van der Waals surface area contributed by atoms with Crippen LogP contribution in [0, 0.1) is 11.3 Å². The normalized spacial score (nSPS) is 27.1. The molecule has 2 unspecified atom stereocenters. The van der Waals surface area contributed by atoms with Crippen molar-refractivity contribution in [1.82, 2.24) is 14.7 Å². The van der Waals surface area contributed by atoms with Crippen molar-refractivity contribution >= 4 is 5.91 Å². The molecule has 2 saturated heterocycles. The number of β-amino-alcohol motifs (C(OH)–C–C–N with tert-alkyl or cyclic N) is 1. The second-order valence-corrected chi connectivity index (χ2v) is 7.76. The topological polar surface area (TPSA) is 47.0 Å². The molecule has 5 heteroatoms. The average molecular weight is 297 g/mol. The van der Waals surface area contributed by atoms with E-state index in [1.165, 1.54) is 0 Å². The maximum Gasteiger partial charge on any atom is 0.227 e. The number of piperazine rings is 1.